The second kappa shape index (κ2) is 11.0. The van der Waals surface area contributed by atoms with Crippen molar-refractivity contribution in [3.05, 3.63) is 168 Å². The van der Waals surface area contributed by atoms with E-state index in [-0.39, 0.29) is 5.92 Å². The summed E-state index contributed by atoms with van der Waals surface area (Å²) in [6, 6.07) is 54.7. The van der Waals surface area contributed by atoms with E-state index in [1.807, 2.05) is 23.5 Å². The number of fused-ring (bicyclic) bond motifs is 9. The number of furan rings is 2. The molecule has 228 valence electrons. The Hall–Kier alpha value is -5.64. The predicted octanol–water partition coefficient (Wildman–Crippen LogP) is 13.3. The van der Waals surface area contributed by atoms with Crippen LogP contribution in [-0.4, -0.2) is 0 Å². The van der Waals surface area contributed by atoms with Crippen molar-refractivity contribution in [1.29, 1.82) is 0 Å². The molecule has 10 rings (SSSR count). The highest BCUT2D eigenvalue weighted by Gasteiger charge is 2.19. The first-order chi connectivity index (χ1) is 23.8. The molecule has 0 aliphatic carbocycles. The van der Waals surface area contributed by atoms with Gasteiger partial charge in [-0.2, -0.15) is 0 Å². The topological polar surface area (TPSA) is 26.3 Å². The Labute approximate surface area is 281 Å². The molecular weight excluding hydrogens is 605 g/mol. The van der Waals surface area contributed by atoms with Crippen LogP contribution in [0.3, 0.4) is 0 Å². The molecule has 0 fully saturated rings. The van der Waals surface area contributed by atoms with Gasteiger partial charge in [0.15, 0.2) is 0 Å². The van der Waals surface area contributed by atoms with Crippen LogP contribution in [-0.2, 0) is 6.42 Å². The summed E-state index contributed by atoms with van der Waals surface area (Å²) in [5, 5.41) is 7.37. The second-order valence-corrected chi connectivity index (χ2v) is 13.9. The molecular formula is C45H30O2S. The molecule has 3 aromatic heterocycles. The molecule has 0 saturated heterocycles. The molecule has 48 heavy (non-hydrogen) atoms. The van der Waals surface area contributed by atoms with Crippen LogP contribution in [0.15, 0.2) is 160 Å². The first-order valence-electron chi connectivity index (χ1n) is 16.6. The molecule has 0 aliphatic heterocycles. The molecule has 0 bridgehead atoms. The van der Waals surface area contributed by atoms with Crippen molar-refractivity contribution < 1.29 is 8.83 Å². The normalized spacial score (nSPS) is 12.7. The fourth-order valence-corrected chi connectivity index (χ4v) is 8.75. The highest BCUT2D eigenvalue weighted by atomic mass is 32.1. The van der Waals surface area contributed by atoms with Crippen LogP contribution < -0.4 is 0 Å². The minimum atomic E-state index is 0.243. The van der Waals surface area contributed by atoms with Gasteiger partial charge in [0.2, 0.25) is 0 Å². The van der Waals surface area contributed by atoms with Crippen LogP contribution in [0.2, 0.25) is 0 Å². The van der Waals surface area contributed by atoms with E-state index in [1.54, 1.807) is 0 Å². The molecule has 0 amide bonds. The van der Waals surface area contributed by atoms with Crippen molar-refractivity contribution >= 4 is 75.4 Å². The minimum absolute atomic E-state index is 0.243. The Bertz CT molecular complexity index is 2800. The third-order valence-corrected chi connectivity index (χ3v) is 11.2. The van der Waals surface area contributed by atoms with Crippen molar-refractivity contribution in [2.45, 2.75) is 18.8 Å². The van der Waals surface area contributed by atoms with Gasteiger partial charge in [0.25, 0.3) is 0 Å². The molecule has 10 aromatic rings. The number of aryl methyl sites for hydroxylation is 1. The van der Waals surface area contributed by atoms with Gasteiger partial charge in [0.1, 0.15) is 22.3 Å². The van der Waals surface area contributed by atoms with Gasteiger partial charge in [-0.05, 0) is 95.3 Å². The van der Waals surface area contributed by atoms with Crippen molar-refractivity contribution in [1.82, 2.24) is 0 Å². The van der Waals surface area contributed by atoms with E-state index in [4.69, 9.17) is 8.83 Å². The van der Waals surface area contributed by atoms with Crippen LogP contribution >= 0.6 is 11.3 Å². The van der Waals surface area contributed by atoms with Crippen LogP contribution in [0.5, 0.6) is 0 Å². The lowest BCUT2D eigenvalue weighted by atomic mass is 9.85. The highest BCUT2D eigenvalue weighted by Crippen LogP contribution is 2.40. The number of thiophene rings is 1. The molecule has 3 heteroatoms. The Morgan fingerprint density at radius 3 is 2.10 bits per heavy atom. The van der Waals surface area contributed by atoms with Crippen molar-refractivity contribution in [2.24, 2.45) is 0 Å². The summed E-state index contributed by atoms with van der Waals surface area (Å²) >= 11 is 1.85. The van der Waals surface area contributed by atoms with Gasteiger partial charge in [-0.25, -0.2) is 0 Å². The Balaban J connectivity index is 1.02. The minimum Gasteiger partial charge on any atom is -0.456 e. The Morgan fingerprint density at radius 2 is 1.17 bits per heavy atom. The Kier molecular flexibility index (Phi) is 6.28. The zero-order valence-corrected chi connectivity index (χ0v) is 27.0. The second-order valence-electron chi connectivity index (χ2n) is 12.8. The molecule has 0 spiro atoms. The standard InChI is InChI=1S/C45H30O2S/c1-2-9-28(10-3-1)33(32-19-23-40-37(26-32)34-12-4-6-14-39(34)46-40)21-17-29-11-8-15-41-45(29)36-22-18-31(27-42(36)47-41)30-20-24-44-38(25-30)35-13-5-7-16-43(35)48-44/h1-16,18-20,22-27,33H,17,21H2. The monoisotopic (exact) mass is 634 g/mol. The van der Waals surface area contributed by atoms with Crippen LogP contribution in [0.1, 0.15) is 29.0 Å². The maximum absolute atomic E-state index is 6.55. The predicted molar refractivity (Wildman–Crippen MR) is 202 cm³/mol. The summed E-state index contributed by atoms with van der Waals surface area (Å²) in [6.07, 6.45) is 1.91. The molecule has 1 unspecified atom stereocenters. The smallest absolute Gasteiger partial charge is 0.136 e. The van der Waals surface area contributed by atoms with E-state index >= 15 is 0 Å². The first kappa shape index (κ1) is 27.5. The average Bonchev–Trinajstić information content (AvgIpc) is 3.83. The molecule has 1 atom stereocenters. The lowest BCUT2D eigenvalue weighted by Crippen LogP contribution is -2.03. The first-order valence-corrected chi connectivity index (χ1v) is 17.4. The zero-order valence-electron chi connectivity index (χ0n) is 26.2. The SMILES string of the molecule is c1ccc(C(CCc2cccc3oc4cc(-c5ccc6sc7ccccc7c6c5)ccc4c23)c2ccc3oc4ccccc4c3c2)cc1. The van der Waals surface area contributed by atoms with Crippen LogP contribution in [0.4, 0.5) is 0 Å². The van der Waals surface area contributed by atoms with Gasteiger partial charge in [0, 0.05) is 47.6 Å². The van der Waals surface area contributed by atoms with E-state index < -0.39 is 0 Å². The quantitative estimate of drug-likeness (QED) is 0.182. The largest absolute Gasteiger partial charge is 0.456 e. The van der Waals surface area contributed by atoms with Gasteiger partial charge >= 0.3 is 0 Å². The molecule has 2 nitrogen and oxygen atoms in total. The van der Waals surface area contributed by atoms with E-state index in [0.717, 1.165) is 35.2 Å². The van der Waals surface area contributed by atoms with Gasteiger partial charge in [-0.1, -0.05) is 97.1 Å². The van der Waals surface area contributed by atoms with E-state index in [2.05, 4.69) is 140 Å². The van der Waals surface area contributed by atoms with Crippen molar-refractivity contribution in [3.8, 4) is 11.1 Å². The van der Waals surface area contributed by atoms with Gasteiger partial charge in [0.05, 0.1) is 0 Å². The zero-order chi connectivity index (χ0) is 31.6. The maximum atomic E-state index is 6.55. The average molecular weight is 635 g/mol. The van der Waals surface area contributed by atoms with Gasteiger partial charge < -0.3 is 8.83 Å². The third-order valence-electron chi connectivity index (χ3n) is 10.0. The summed E-state index contributed by atoms with van der Waals surface area (Å²) in [7, 11) is 0. The molecule has 7 aromatic carbocycles. The summed E-state index contributed by atoms with van der Waals surface area (Å²) in [5.41, 5.74) is 10.1. The highest BCUT2D eigenvalue weighted by molar-refractivity contribution is 7.25. The fourth-order valence-electron chi connectivity index (χ4n) is 7.66. The van der Waals surface area contributed by atoms with Gasteiger partial charge in [-0.3, -0.25) is 0 Å². The van der Waals surface area contributed by atoms with Crippen LogP contribution in [0.25, 0.3) is 75.2 Å². The number of hydrogen-bond acceptors (Lipinski definition) is 3. The molecule has 3 heterocycles. The lowest BCUT2D eigenvalue weighted by molar-refractivity contribution is 0.666. The summed E-state index contributed by atoms with van der Waals surface area (Å²) in [4.78, 5) is 0. The number of hydrogen-bond donors (Lipinski definition) is 0. The molecule has 0 N–H and O–H groups in total. The third kappa shape index (κ3) is 4.46. The summed E-state index contributed by atoms with van der Waals surface area (Å²) < 4.78 is 15.4. The lowest BCUT2D eigenvalue weighted by Gasteiger charge is -2.19. The van der Waals surface area contributed by atoms with Crippen LogP contribution in [0, 0.1) is 0 Å². The maximum Gasteiger partial charge on any atom is 0.136 e. The molecule has 0 radical (unpaired) electrons. The van der Waals surface area contributed by atoms with Crippen molar-refractivity contribution in [2.75, 3.05) is 0 Å². The summed E-state index contributed by atoms with van der Waals surface area (Å²) in [5.74, 6) is 0.243. The van der Waals surface area contributed by atoms with E-state index in [0.29, 0.717) is 0 Å². The number of para-hydroxylation sites is 1. The number of benzene rings is 7. The number of rotatable bonds is 6. The van der Waals surface area contributed by atoms with E-state index in [1.165, 1.54) is 69.5 Å². The van der Waals surface area contributed by atoms with Crippen molar-refractivity contribution in [3.63, 3.8) is 0 Å². The molecule has 0 saturated carbocycles. The van der Waals surface area contributed by atoms with Gasteiger partial charge in [-0.15, -0.1) is 11.3 Å². The fraction of sp³-hybridized carbons (Fsp3) is 0.0667. The Morgan fingerprint density at radius 1 is 0.438 bits per heavy atom. The summed E-state index contributed by atoms with van der Waals surface area (Å²) in [6.45, 7) is 0. The van der Waals surface area contributed by atoms with E-state index in [9.17, 15) is 0 Å². The molecule has 0 aliphatic rings.